The van der Waals surface area contributed by atoms with Crippen molar-refractivity contribution in [2.24, 2.45) is 0 Å². The van der Waals surface area contributed by atoms with Gasteiger partial charge < -0.3 is 20.6 Å². The SMILES string of the molecule is Nc1nnc(-c2cccc(F)c2O)cc1-c1cnn(C2CCN([C@H]3CC[C@@H](c4cccc5c4CCN5[C@@H]4CCC(=O)NC4=O)CC3)CC2)c1. The zero-order valence-corrected chi connectivity index (χ0v) is 27.4. The molecular formula is C37H41FN8O3. The zero-order valence-electron chi connectivity index (χ0n) is 27.4. The summed E-state index contributed by atoms with van der Waals surface area (Å²) in [6.45, 7) is 2.88. The van der Waals surface area contributed by atoms with Gasteiger partial charge in [-0.25, -0.2) is 4.39 Å². The molecule has 2 amide bonds. The molecule has 5 heterocycles. The van der Waals surface area contributed by atoms with E-state index in [0.717, 1.165) is 44.5 Å². The van der Waals surface area contributed by atoms with Crippen LogP contribution in [0.1, 0.15) is 74.5 Å². The standard InChI is InChI=1S/C37H41FN8O3/c38-30-5-1-4-28(35(30)48)31-19-29(36(39)43-42-31)23-20-40-46(21-23)25-13-16-44(17-14-25)24-9-7-22(8-10-24)26-3-2-6-32-27(26)15-18-45(32)33-11-12-34(47)41-37(33)49/h1-6,19-22,24-25,33,48H,7-18H2,(H2,39,43)(H,41,47,49)/t22-,24+,33-/m1/s1. The van der Waals surface area contributed by atoms with Crippen LogP contribution in [-0.2, 0) is 16.0 Å². The Labute approximate surface area is 284 Å². The number of nitrogens with zero attached hydrogens (tertiary/aromatic N) is 6. The number of para-hydroxylation sites is 1. The third kappa shape index (κ3) is 5.92. The minimum absolute atomic E-state index is 0.166. The van der Waals surface area contributed by atoms with Crippen molar-refractivity contribution >= 4 is 23.3 Å². The van der Waals surface area contributed by atoms with Crippen LogP contribution in [0.25, 0.3) is 22.4 Å². The number of benzene rings is 2. The molecule has 1 aliphatic carbocycles. The van der Waals surface area contributed by atoms with Gasteiger partial charge in [-0.15, -0.1) is 10.2 Å². The number of nitrogens with two attached hydrogens (primary N) is 1. The minimum Gasteiger partial charge on any atom is -0.504 e. The van der Waals surface area contributed by atoms with Crippen molar-refractivity contribution in [1.82, 2.24) is 30.2 Å². The van der Waals surface area contributed by atoms with Crippen molar-refractivity contribution in [1.29, 1.82) is 0 Å². The normalized spacial score (nSPS) is 23.4. The molecule has 0 bridgehead atoms. The fraction of sp³-hybridized carbons (Fsp3) is 0.432. The van der Waals surface area contributed by atoms with Crippen LogP contribution in [0.2, 0.25) is 0 Å². The smallest absolute Gasteiger partial charge is 0.249 e. The Bertz CT molecular complexity index is 1900. The van der Waals surface area contributed by atoms with Crippen LogP contribution in [0.3, 0.4) is 0 Å². The Balaban J connectivity index is 0.879. The lowest BCUT2D eigenvalue weighted by molar-refractivity contribution is -0.134. The number of phenolic OH excluding ortho intramolecular Hbond substituents is 1. The number of hydrogen-bond donors (Lipinski definition) is 3. The summed E-state index contributed by atoms with van der Waals surface area (Å²) in [6, 6.07) is 13.2. The van der Waals surface area contributed by atoms with E-state index in [1.54, 1.807) is 18.3 Å². The number of rotatable bonds is 6. The van der Waals surface area contributed by atoms with E-state index in [2.05, 4.69) is 48.6 Å². The molecule has 2 aromatic carbocycles. The second-order valence-electron chi connectivity index (χ2n) is 13.9. The molecular weight excluding hydrogens is 623 g/mol. The second-order valence-corrected chi connectivity index (χ2v) is 13.9. The Kier molecular flexibility index (Phi) is 8.26. The first-order valence-corrected chi connectivity index (χ1v) is 17.5. The van der Waals surface area contributed by atoms with E-state index in [1.807, 2.05) is 10.9 Å². The molecule has 3 aliphatic heterocycles. The first-order chi connectivity index (χ1) is 23.8. The summed E-state index contributed by atoms with van der Waals surface area (Å²) >= 11 is 0. The van der Waals surface area contributed by atoms with E-state index in [1.165, 1.54) is 54.6 Å². The summed E-state index contributed by atoms with van der Waals surface area (Å²) in [6.07, 6.45) is 12.4. The molecule has 0 radical (unpaired) electrons. The molecule has 2 aromatic heterocycles. The van der Waals surface area contributed by atoms with Crippen molar-refractivity contribution in [3.05, 3.63) is 71.8 Å². The van der Waals surface area contributed by atoms with Gasteiger partial charge in [-0.05, 0) is 92.7 Å². The molecule has 1 saturated carbocycles. The van der Waals surface area contributed by atoms with Crippen LogP contribution < -0.4 is 16.0 Å². The molecule has 4 aliphatic rings. The number of hydrogen-bond acceptors (Lipinski definition) is 9. The molecule has 2 saturated heterocycles. The van der Waals surface area contributed by atoms with E-state index in [-0.39, 0.29) is 35.3 Å². The number of aromatic hydroxyl groups is 1. The van der Waals surface area contributed by atoms with Crippen LogP contribution in [0.4, 0.5) is 15.9 Å². The van der Waals surface area contributed by atoms with Crippen LogP contribution in [-0.4, -0.2) is 73.5 Å². The summed E-state index contributed by atoms with van der Waals surface area (Å²) in [5.41, 5.74) is 12.2. The largest absolute Gasteiger partial charge is 0.504 e. The number of fused-ring (bicyclic) bond motifs is 1. The molecule has 254 valence electrons. The summed E-state index contributed by atoms with van der Waals surface area (Å²) < 4.78 is 16.0. The first kappa shape index (κ1) is 31.4. The second kappa shape index (κ2) is 12.9. The lowest BCUT2D eigenvalue weighted by Gasteiger charge is -2.41. The van der Waals surface area contributed by atoms with Gasteiger partial charge in [0, 0.05) is 60.7 Å². The van der Waals surface area contributed by atoms with Gasteiger partial charge >= 0.3 is 0 Å². The number of carbonyl (C=O) groups is 2. The highest BCUT2D eigenvalue weighted by Gasteiger charge is 2.37. The lowest BCUT2D eigenvalue weighted by Crippen LogP contribution is -2.52. The number of anilines is 2. The maximum Gasteiger partial charge on any atom is 0.249 e. The van der Waals surface area contributed by atoms with Gasteiger partial charge in [-0.3, -0.25) is 19.6 Å². The number of amides is 2. The van der Waals surface area contributed by atoms with E-state index < -0.39 is 11.6 Å². The predicted octanol–water partition coefficient (Wildman–Crippen LogP) is 4.97. The van der Waals surface area contributed by atoms with Gasteiger partial charge in [-0.1, -0.05) is 18.2 Å². The number of nitrogen functional groups attached to an aromatic ring is 1. The van der Waals surface area contributed by atoms with Crippen molar-refractivity contribution in [3.8, 4) is 28.1 Å². The van der Waals surface area contributed by atoms with Gasteiger partial charge in [0.25, 0.3) is 0 Å². The zero-order chi connectivity index (χ0) is 33.6. The number of nitrogens with one attached hydrogen (secondary N) is 1. The summed E-state index contributed by atoms with van der Waals surface area (Å²) in [5.74, 6) is -0.739. The van der Waals surface area contributed by atoms with E-state index in [4.69, 9.17) is 5.73 Å². The quantitative estimate of drug-likeness (QED) is 0.244. The Morgan fingerprint density at radius 2 is 1.67 bits per heavy atom. The first-order valence-electron chi connectivity index (χ1n) is 17.5. The molecule has 12 heteroatoms. The van der Waals surface area contributed by atoms with Crippen molar-refractivity contribution in [3.63, 3.8) is 0 Å². The average molecular weight is 665 g/mol. The highest BCUT2D eigenvalue weighted by Crippen LogP contribution is 2.43. The molecule has 49 heavy (non-hydrogen) atoms. The van der Waals surface area contributed by atoms with Crippen LogP contribution in [0.15, 0.2) is 54.9 Å². The average Bonchev–Trinajstić information content (AvgIpc) is 3.78. The number of aromatic nitrogens is 4. The van der Waals surface area contributed by atoms with Gasteiger partial charge in [-0.2, -0.15) is 5.10 Å². The van der Waals surface area contributed by atoms with Gasteiger partial charge in [0.15, 0.2) is 17.4 Å². The van der Waals surface area contributed by atoms with Crippen LogP contribution in [0.5, 0.6) is 5.75 Å². The number of halogens is 1. The molecule has 0 spiro atoms. The summed E-state index contributed by atoms with van der Waals surface area (Å²) in [4.78, 5) is 29.2. The van der Waals surface area contributed by atoms with E-state index >= 15 is 0 Å². The molecule has 4 N–H and O–H groups in total. The topological polar surface area (TPSA) is 142 Å². The fourth-order valence-electron chi connectivity index (χ4n) is 8.60. The van der Waals surface area contributed by atoms with Crippen molar-refractivity contribution < 1.29 is 19.1 Å². The molecule has 0 unspecified atom stereocenters. The van der Waals surface area contributed by atoms with Crippen molar-refractivity contribution in [2.75, 3.05) is 30.3 Å². The molecule has 11 nitrogen and oxygen atoms in total. The Morgan fingerprint density at radius 3 is 2.47 bits per heavy atom. The summed E-state index contributed by atoms with van der Waals surface area (Å²) in [5, 5.41) is 25.6. The number of likely N-dealkylation sites (tertiary alicyclic amines) is 1. The van der Waals surface area contributed by atoms with Crippen LogP contribution >= 0.6 is 0 Å². The monoisotopic (exact) mass is 664 g/mol. The predicted molar refractivity (Wildman–Crippen MR) is 183 cm³/mol. The van der Waals surface area contributed by atoms with Gasteiger partial charge in [0.05, 0.1) is 17.9 Å². The molecule has 3 fully saturated rings. The van der Waals surface area contributed by atoms with Crippen LogP contribution in [0, 0.1) is 5.82 Å². The molecule has 8 rings (SSSR count). The number of phenols is 1. The minimum atomic E-state index is -0.718. The number of piperidine rings is 2. The lowest BCUT2D eigenvalue weighted by atomic mass is 9.79. The van der Waals surface area contributed by atoms with E-state index in [9.17, 15) is 19.1 Å². The Morgan fingerprint density at radius 1 is 0.878 bits per heavy atom. The summed E-state index contributed by atoms with van der Waals surface area (Å²) in [7, 11) is 0. The molecule has 1 atom stereocenters. The third-order valence-electron chi connectivity index (χ3n) is 11.2. The van der Waals surface area contributed by atoms with Gasteiger partial charge in [0.2, 0.25) is 11.8 Å². The number of imide groups is 1. The van der Waals surface area contributed by atoms with Gasteiger partial charge in [0.1, 0.15) is 6.04 Å². The molecule has 4 aromatic rings. The Hall–Kier alpha value is -4.84. The third-order valence-corrected chi connectivity index (χ3v) is 11.2. The fourth-order valence-corrected chi connectivity index (χ4v) is 8.60. The number of carbonyl (C=O) groups excluding carboxylic acids is 2. The highest BCUT2D eigenvalue weighted by molar-refractivity contribution is 6.02. The maximum atomic E-state index is 14.0. The maximum absolute atomic E-state index is 14.0. The highest BCUT2D eigenvalue weighted by atomic mass is 19.1. The van der Waals surface area contributed by atoms with E-state index in [0.29, 0.717) is 36.1 Å². The van der Waals surface area contributed by atoms with Crippen molar-refractivity contribution in [2.45, 2.75) is 81.8 Å².